The zero-order valence-electron chi connectivity index (χ0n) is 12.6. The van der Waals surface area contributed by atoms with Crippen LogP contribution in [0.5, 0.6) is 0 Å². The van der Waals surface area contributed by atoms with Gasteiger partial charge in [-0.05, 0) is 31.9 Å². The molecule has 1 heterocycles. The SMILES string of the molecule is Cc1ccccc1C(C)NC(C)C(=O)N1CCOCC1. The number of rotatable bonds is 4. The number of morpholine rings is 1. The third-order valence-corrected chi connectivity index (χ3v) is 3.85. The zero-order valence-corrected chi connectivity index (χ0v) is 12.6. The maximum absolute atomic E-state index is 12.4. The molecule has 1 aliphatic heterocycles. The third kappa shape index (κ3) is 3.58. The van der Waals surface area contributed by atoms with E-state index < -0.39 is 0 Å². The second-order valence-corrected chi connectivity index (χ2v) is 5.40. The number of hydrogen-bond donors (Lipinski definition) is 1. The summed E-state index contributed by atoms with van der Waals surface area (Å²) in [7, 11) is 0. The first-order valence-corrected chi connectivity index (χ1v) is 7.27. The first-order chi connectivity index (χ1) is 9.59. The van der Waals surface area contributed by atoms with Gasteiger partial charge in [-0.15, -0.1) is 0 Å². The van der Waals surface area contributed by atoms with Crippen LogP contribution >= 0.6 is 0 Å². The summed E-state index contributed by atoms with van der Waals surface area (Å²) in [6, 6.07) is 8.27. The van der Waals surface area contributed by atoms with Gasteiger partial charge in [-0.1, -0.05) is 24.3 Å². The second-order valence-electron chi connectivity index (χ2n) is 5.40. The number of carbonyl (C=O) groups excluding carboxylic acids is 1. The summed E-state index contributed by atoms with van der Waals surface area (Å²) in [4.78, 5) is 14.2. The van der Waals surface area contributed by atoms with Crippen LogP contribution in [0.3, 0.4) is 0 Å². The predicted molar refractivity (Wildman–Crippen MR) is 79.6 cm³/mol. The summed E-state index contributed by atoms with van der Waals surface area (Å²) >= 11 is 0. The smallest absolute Gasteiger partial charge is 0.239 e. The molecule has 2 atom stereocenters. The Morgan fingerprint density at radius 2 is 1.90 bits per heavy atom. The first kappa shape index (κ1) is 15.0. The number of nitrogens with one attached hydrogen (secondary N) is 1. The van der Waals surface area contributed by atoms with Crippen LogP contribution in [0, 0.1) is 6.92 Å². The van der Waals surface area contributed by atoms with Crippen molar-refractivity contribution in [1.82, 2.24) is 10.2 Å². The number of ether oxygens (including phenoxy) is 1. The molecule has 2 rings (SSSR count). The molecule has 1 fully saturated rings. The lowest BCUT2D eigenvalue weighted by Crippen LogP contribution is -2.49. The van der Waals surface area contributed by atoms with E-state index in [2.05, 4.69) is 31.3 Å². The Morgan fingerprint density at radius 1 is 1.25 bits per heavy atom. The van der Waals surface area contributed by atoms with Crippen molar-refractivity contribution in [2.75, 3.05) is 26.3 Å². The molecular weight excluding hydrogens is 252 g/mol. The van der Waals surface area contributed by atoms with Crippen LogP contribution in [0.25, 0.3) is 0 Å². The Balaban J connectivity index is 1.95. The van der Waals surface area contributed by atoms with E-state index in [0.717, 1.165) is 0 Å². The molecule has 1 aromatic rings. The van der Waals surface area contributed by atoms with E-state index in [4.69, 9.17) is 4.74 Å². The number of carbonyl (C=O) groups is 1. The molecule has 1 saturated heterocycles. The molecular formula is C16H24N2O2. The van der Waals surface area contributed by atoms with Crippen molar-refractivity contribution >= 4 is 5.91 Å². The lowest BCUT2D eigenvalue weighted by molar-refractivity contribution is -0.137. The van der Waals surface area contributed by atoms with Gasteiger partial charge in [0.2, 0.25) is 5.91 Å². The fraction of sp³-hybridized carbons (Fsp3) is 0.562. The lowest BCUT2D eigenvalue weighted by Gasteiger charge is -2.30. The summed E-state index contributed by atoms with van der Waals surface area (Å²) in [6.45, 7) is 8.82. The Hall–Kier alpha value is -1.39. The Bertz CT molecular complexity index is 456. The highest BCUT2D eigenvalue weighted by atomic mass is 16.5. The van der Waals surface area contributed by atoms with Gasteiger partial charge in [0.15, 0.2) is 0 Å². The lowest BCUT2D eigenvalue weighted by atomic mass is 10.0. The molecule has 0 aliphatic carbocycles. The van der Waals surface area contributed by atoms with Gasteiger partial charge < -0.3 is 9.64 Å². The normalized spacial score (nSPS) is 18.6. The van der Waals surface area contributed by atoms with Gasteiger partial charge in [0.05, 0.1) is 19.3 Å². The highest BCUT2D eigenvalue weighted by Crippen LogP contribution is 2.17. The maximum atomic E-state index is 12.4. The molecule has 1 aromatic carbocycles. The van der Waals surface area contributed by atoms with E-state index in [0.29, 0.717) is 26.3 Å². The van der Waals surface area contributed by atoms with Gasteiger partial charge in [0, 0.05) is 19.1 Å². The minimum atomic E-state index is -0.178. The molecule has 20 heavy (non-hydrogen) atoms. The van der Waals surface area contributed by atoms with Crippen molar-refractivity contribution in [2.24, 2.45) is 0 Å². The molecule has 0 aromatic heterocycles. The molecule has 1 amide bonds. The van der Waals surface area contributed by atoms with Gasteiger partial charge >= 0.3 is 0 Å². The van der Waals surface area contributed by atoms with Crippen molar-refractivity contribution in [2.45, 2.75) is 32.9 Å². The molecule has 0 saturated carbocycles. The summed E-state index contributed by atoms with van der Waals surface area (Å²) in [5.41, 5.74) is 2.49. The maximum Gasteiger partial charge on any atom is 0.239 e. The number of amides is 1. The summed E-state index contributed by atoms with van der Waals surface area (Å²) in [5, 5.41) is 3.40. The molecule has 110 valence electrons. The number of benzene rings is 1. The summed E-state index contributed by atoms with van der Waals surface area (Å²) in [5.74, 6) is 0.161. The van der Waals surface area contributed by atoms with E-state index in [-0.39, 0.29) is 18.0 Å². The van der Waals surface area contributed by atoms with Gasteiger partial charge in [-0.2, -0.15) is 0 Å². The van der Waals surface area contributed by atoms with Crippen LogP contribution in [0.15, 0.2) is 24.3 Å². The fourth-order valence-electron chi connectivity index (χ4n) is 2.67. The monoisotopic (exact) mass is 276 g/mol. The van der Waals surface area contributed by atoms with Crippen LogP contribution < -0.4 is 5.32 Å². The minimum absolute atomic E-state index is 0.161. The average Bonchev–Trinajstić information content (AvgIpc) is 2.47. The Kier molecular flexibility index (Phi) is 5.15. The highest BCUT2D eigenvalue weighted by Gasteiger charge is 2.23. The van der Waals surface area contributed by atoms with E-state index in [1.54, 1.807) is 0 Å². The summed E-state index contributed by atoms with van der Waals surface area (Å²) < 4.78 is 5.28. The zero-order chi connectivity index (χ0) is 14.5. The van der Waals surface area contributed by atoms with Crippen LogP contribution in [0.1, 0.15) is 31.0 Å². The van der Waals surface area contributed by atoms with Gasteiger partial charge in [-0.3, -0.25) is 10.1 Å². The molecule has 4 nitrogen and oxygen atoms in total. The van der Waals surface area contributed by atoms with Crippen molar-refractivity contribution in [1.29, 1.82) is 0 Å². The van der Waals surface area contributed by atoms with E-state index >= 15 is 0 Å². The molecule has 4 heteroatoms. The highest BCUT2D eigenvalue weighted by molar-refractivity contribution is 5.81. The third-order valence-electron chi connectivity index (χ3n) is 3.85. The van der Waals surface area contributed by atoms with Crippen molar-refractivity contribution < 1.29 is 9.53 Å². The quantitative estimate of drug-likeness (QED) is 0.913. The molecule has 1 aliphatic rings. The van der Waals surface area contributed by atoms with E-state index in [1.807, 2.05) is 24.0 Å². The van der Waals surface area contributed by atoms with E-state index in [9.17, 15) is 4.79 Å². The molecule has 1 N–H and O–H groups in total. The topological polar surface area (TPSA) is 41.6 Å². The first-order valence-electron chi connectivity index (χ1n) is 7.27. The number of nitrogens with zero attached hydrogens (tertiary/aromatic N) is 1. The largest absolute Gasteiger partial charge is 0.378 e. The standard InChI is InChI=1S/C16H24N2O2/c1-12-6-4-5-7-15(12)13(2)17-14(3)16(19)18-8-10-20-11-9-18/h4-7,13-14,17H,8-11H2,1-3H3. The summed E-state index contributed by atoms with van der Waals surface area (Å²) in [6.07, 6.45) is 0. The van der Waals surface area contributed by atoms with Gasteiger partial charge in [0.1, 0.15) is 0 Å². The predicted octanol–water partition coefficient (Wildman–Crippen LogP) is 1.89. The van der Waals surface area contributed by atoms with Crippen LogP contribution in [-0.2, 0) is 9.53 Å². The molecule has 0 spiro atoms. The van der Waals surface area contributed by atoms with Crippen LogP contribution in [0.2, 0.25) is 0 Å². The van der Waals surface area contributed by atoms with Gasteiger partial charge in [-0.25, -0.2) is 0 Å². The van der Waals surface area contributed by atoms with Gasteiger partial charge in [0.25, 0.3) is 0 Å². The second kappa shape index (κ2) is 6.86. The number of aryl methyl sites for hydroxylation is 1. The Labute approximate surface area is 121 Å². The minimum Gasteiger partial charge on any atom is -0.378 e. The molecule has 0 bridgehead atoms. The molecule has 2 unspecified atom stereocenters. The average molecular weight is 276 g/mol. The van der Waals surface area contributed by atoms with Crippen molar-refractivity contribution in [3.63, 3.8) is 0 Å². The van der Waals surface area contributed by atoms with E-state index in [1.165, 1.54) is 11.1 Å². The van der Waals surface area contributed by atoms with Crippen LogP contribution in [-0.4, -0.2) is 43.2 Å². The van der Waals surface area contributed by atoms with Crippen molar-refractivity contribution in [3.8, 4) is 0 Å². The number of hydrogen-bond acceptors (Lipinski definition) is 3. The molecule has 0 radical (unpaired) electrons. The fourth-order valence-corrected chi connectivity index (χ4v) is 2.67. The van der Waals surface area contributed by atoms with Crippen LogP contribution in [0.4, 0.5) is 0 Å². The van der Waals surface area contributed by atoms with Crippen molar-refractivity contribution in [3.05, 3.63) is 35.4 Å². The Morgan fingerprint density at radius 3 is 2.55 bits per heavy atom.